The van der Waals surface area contributed by atoms with Crippen LogP contribution >= 0.6 is 11.8 Å². The molecule has 0 aliphatic carbocycles. The SMILES string of the molecule is C[C@H](OC(=O)CCSc1ccccc1)C(=O)c1ccc(NS(C)(=O)=O)cc1. The minimum atomic E-state index is -3.38. The molecule has 27 heavy (non-hydrogen) atoms. The highest BCUT2D eigenvalue weighted by Crippen LogP contribution is 2.18. The molecular weight excluding hydrogens is 386 g/mol. The van der Waals surface area contributed by atoms with Gasteiger partial charge in [0.1, 0.15) is 0 Å². The normalized spacial score (nSPS) is 12.2. The first-order valence-electron chi connectivity index (χ1n) is 8.24. The van der Waals surface area contributed by atoms with Crippen LogP contribution in [0.3, 0.4) is 0 Å². The van der Waals surface area contributed by atoms with E-state index in [1.165, 1.54) is 31.2 Å². The van der Waals surface area contributed by atoms with Crippen LogP contribution in [0.25, 0.3) is 0 Å². The molecule has 0 aliphatic heterocycles. The summed E-state index contributed by atoms with van der Waals surface area (Å²) < 4.78 is 29.9. The molecule has 0 saturated carbocycles. The number of carbonyl (C=O) groups excluding carboxylic acids is 2. The number of hydrogen-bond donors (Lipinski definition) is 1. The first-order chi connectivity index (χ1) is 12.7. The van der Waals surface area contributed by atoms with Crippen molar-refractivity contribution in [2.75, 3.05) is 16.7 Å². The highest BCUT2D eigenvalue weighted by Gasteiger charge is 2.19. The third-order valence-electron chi connectivity index (χ3n) is 3.47. The number of ether oxygens (including phenoxy) is 1. The summed E-state index contributed by atoms with van der Waals surface area (Å²) in [4.78, 5) is 25.3. The van der Waals surface area contributed by atoms with E-state index in [1.54, 1.807) is 11.8 Å². The molecule has 1 atom stereocenters. The van der Waals surface area contributed by atoms with E-state index in [4.69, 9.17) is 4.74 Å². The molecule has 0 radical (unpaired) electrons. The van der Waals surface area contributed by atoms with Crippen molar-refractivity contribution in [1.29, 1.82) is 0 Å². The summed E-state index contributed by atoms with van der Waals surface area (Å²) >= 11 is 1.54. The van der Waals surface area contributed by atoms with Crippen molar-refractivity contribution in [1.82, 2.24) is 0 Å². The maximum absolute atomic E-state index is 12.4. The maximum atomic E-state index is 12.4. The number of hydrogen-bond acceptors (Lipinski definition) is 6. The molecule has 6 nitrogen and oxygen atoms in total. The number of nitrogens with one attached hydrogen (secondary N) is 1. The lowest BCUT2D eigenvalue weighted by Crippen LogP contribution is -2.24. The smallest absolute Gasteiger partial charge is 0.307 e. The molecule has 2 rings (SSSR count). The number of Topliss-reactive ketones (excluding diaryl/α,β-unsaturated/α-hetero) is 1. The Kier molecular flexibility index (Phi) is 7.44. The second-order valence-corrected chi connectivity index (χ2v) is 8.78. The zero-order valence-electron chi connectivity index (χ0n) is 15.0. The molecule has 1 N–H and O–H groups in total. The Balaban J connectivity index is 1.82. The second-order valence-electron chi connectivity index (χ2n) is 5.86. The first-order valence-corrected chi connectivity index (χ1v) is 11.1. The molecule has 8 heteroatoms. The van der Waals surface area contributed by atoms with Crippen LogP contribution in [0, 0.1) is 0 Å². The predicted octanol–water partition coefficient (Wildman–Crippen LogP) is 3.35. The van der Waals surface area contributed by atoms with Gasteiger partial charge in [-0.15, -0.1) is 11.8 Å². The minimum absolute atomic E-state index is 0.203. The van der Waals surface area contributed by atoms with Crippen LogP contribution in [0.5, 0.6) is 0 Å². The standard InChI is InChI=1S/C19H21NO5S2/c1-14(25-18(21)12-13-26-17-6-4-3-5-7-17)19(22)15-8-10-16(11-9-15)20-27(2,23)24/h3-11,14,20H,12-13H2,1-2H3/t14-/m0/s1. The van der Waals surface area contributed by atoms with Gasteiger partial charge in [0.25, 0.3) is 0 Å². The number of benzene rings is 2. The third kappa shape index (κ3) is 7.44. The van der Waals surface area contributed by atoms with Crippen molar-refractivity contribution in [3.63, 3.8) is 0 Å². The number of rotatable bonds is 9. The van der Waals surface area contributed by atoms with Crippen molar-refractivity contribution in [3.05, 3.63) is 60.2 Å². The predicted molar refractivity (Wildman–Crippen MR) is 107 cm³/mol. The topological polar surface area (TPSA) is 89.5 Å². The second kappa shape index (κ2) is 9.57. The van der Waals surface area contributed by atoms with Gasteiger partial charge in [0.2, 0.25) is 15.8 Å². The van der Waals surface area contributed by atoms with Crippen LogP contribution in [0.1, 0.15) is 23.7 Å². The van der Waals surface area contributed by atoms with E-state index < -0.39 is 22.1 Å². The number of esters is 1. The largest absolute Gasteiger partial charge is 0.454 e. The van der Waals surface area contributed by atoms with Gasteiger partial charge in [0.15, 0.2) is 6.10 Å². The molecule has 0 heterocycles. The number of carbonyl (C=O) groups is 2. The molecule has 0 bridgehead atoms. The maximum Gasteiger partial charge on any atom is 0.307 e. The number of anilines is 1. The van der Waals surface area contributed by atoms with E-state index in [1.807, 2.05) is 30.3 Å². The Morgan fingerprint density at radius 2 is 1.70 bits per heavy atom. The fraction of sp³-hybridized carbons (Fsp3) is 0.263. The average molecular weight is 408 g/mol. The van der Waals surface area contributed by atoms with Gasteiger partial charge in [-0.3, -0.25) is 14.3 Å². The number of sulfonamides is 1. The number of thioether (sulfide) groups is 1. The van der Waals surface area contributed by atoms with Gasteiger partial charge < -0.3 is 4.74 Å². The monoisotopic (exact) mass is 407 g/mol. The summed E-state index contributed by atoms with van der Waals surface area (Å²) in [5, 5.41) is 0. The molecule has 0 aromatic heterocycles. The first kappa shape index (κ1) is 21.0. The van der Waals surface area contributed by atoms with E-state index in [0.29, 0.717) is 17.0 Å². The van der Waals surface area contributed by atoms with E-state index in [2.05, 4.69) is 4.72 Å². The third-order valence-corrected chi connectivity index (χ3v) is 5.09. The van der Waals surface area contributed by atoms with Crippen LogP contribution in [0.15, 0.2) is 59.5 Å². The zero-order chi connectivity index (χ0) is 19.9. The summed E-state index contributed by atoms with van der Waals surface area (Å²) in [6.07, 6.45) is 0.339. The molecule has 2 aromatic carbocycles. The van der Waals surface area contributed by atoms with Crippen LogP contribution in [0.2, 0.25) is 0 Å². The van der Waals surface area contributed by atoms with Crippen LogP contribution in [-0.4, -0.2) is 38.3 Å². The van der Waals surface area contributed by atoms with Crippen molar-refractivity contribution in [2.45, 2.75) is 24.3 Å². The summed E-state index contributed by atoms with van der Waals surface area (Å²) in [5.74, 6) is -0.213. The Morgan fingerprint density at radius 3 is 2.30 bits per heavy atom. The van der Waals surface area contributed by atoms with Gasteiger partial charge in [0, 0.05) is 21.9 Å². The van der Waals surface area contributed by atoms with Crippen molar-refractivity contribution in [3.8, 4) is 0 Å². The molecule has 2 aromatic rings. The lowest BCUT2D eigenvalue weighted by molar-refractivity contribution is -0.145. The van der Waals surface area contributed by atoms with Gasteiger partial charge in [-0.2, -0.15) is 0 Å². The van der Waals surface area contributed by atoms with E-state index in [0.717, 1.165) is 11.2 Å². The fourth-order valence-electron chi connectivity index (χ4n) is 2.23. The molecular formula is C19H21NO5S2. The molecule has 0 unspecified atom stereocenters. The Bertz CT molecular complexity index is 880. The lowest BCUT2D eigenvalue weighted by Gasteiger charge is -2.13. The quantitative estimate of drug-likeness (QED) is 0.389. The highest BCUT2D eigenvalue weighted by molar-refractivity contribution is 7.99. The molecule has 0 spiro atoms. The molecule has 0 amide bonds. The molecule has 0 fully saturated rings. The van der Waals surface area contributed by atoms with Crippen LogP contribution in [0.4, 0.5) is 5.69 Å². The molecule has 0 aliphatic rings. The lowest BCUT2D eigenvalue weighted by atomic mass is 10.1. The fourth-order valence-corrected chi connectivity index (χ4v) is 3.65. The Morgan fingerprint density at radius 1 is 1.07 bits per heavy atom. The Hall–Kier alpha value is -2.32. The summed E-state index contributed by atoms with van der Waals surface area (Å²) in [6.45, 7) is 1.52. The van der Waals surface area contributed by atoms with E-state index >= 15 is 0 Å². The summed E-state index contributed by atoms with van der Waals surface area (Å²) in [6, 6.07) is 15.7. The Labute approximate surface area is 163 Å². The summed E-state index contributed by atoms with van der Waals surface area (Å²) in [5.41, 5.74) is 0.699. The van der Waals surface area contributed by atoms with Gasteiger partial charge in [-0.05, 0) is 43.3 Å². The van der Waals surface area contributed by atoms with Gasteiger partial charge >= 0.3 is 5.97 Å². The van der Waals surface area contributed by atoms with Crippen LogP contribution < -0.4 is 4.72 Å². The minimum Gasteiger partial charge on any atom is -0.454 e. The van der Waals surface area contributed by atoms with Crippen molar-refractivity contribution in [2.24, 2.45) is 0 Å². The van der Waals surface area contributed by atoms with Crippen molar-refractivity contribution < 1.29 is 22.7 Å². The van der Waals surface area contributed by atoms with Gasteiger partial charge in [-0.25, -0.2) is 8.42 Å². The molecule has 144 valence electrons. The zero-order valence-corrected chi connectivity index (χ0v) is 16.7. The van der Waals surface area contributed by atoms with E-state index in [9.17, 15) is 18.0 Å². The van der Waals surface area contributed by atoms with Crippen LogP contribution in [-0.2, 0) is 19.6 Å². The van der Waals surface area contributed by atoms with Gasteiger partial charge in [0.05, 0.1) is 12.7 Å². The van der Waals surface area contributed by atoms with Gasteiger partial charge in [-0.1, -0.05) is 18.2 Å². The summed E-state index contributed by atoms with van der Waals surface area (Å²) in [7, 11) is -3.38. The number of ketones is 1. The van der Waals surface area contributed by atoms with Crippen molar-refractivity contribution >= 4 is 39.2 Å². The molecule has 0 saturated heterocycles. The highest BCUT2D eigenvalue weighted by atomic mass is 32.2. The average Bonchev–Trinajstić information content (AvgIpc) is 2.61. The van der Waals surface area contributed by atoms with E-state index in [-0.39, 0.29) is 12.2 Å².